The van der Waals surface area contributed by atoms with Crippen LogP contribution in [0.1, 0.15) is 30.0 Å². The molecular formula is C17H18BrNO. The zero-order valence-electron chi connectivity index (χ0n) is 11.3. The molecule has 0 spiro atoms. The Morgan fingerprint density at radius 3 is 2.75 bits per heavy atom. The fraction of sp³-hybridized carbons (Fsp3) is 0.294. The molecule has 2 nitrogen and oxygen atoms in total. The van der Waals surface area contributed by atoms with E-state index in [1.165, 1.54) is 18.4 Å². The summed E-state index contributed by atoms with van der Waals surface area (Å²) < 4.78 is 1.01. The Morgan fingerprint density at radius 2 is 1.95 bits per heavy atom. The number of phenolic OH excluding ortho intramolecular Hbond substituents is 1. The zero-order chi connectivity index (χ0) is 13.9. The maximum Gasteiger partial charge on any atom is 0.120 e. The second kappa shape index (κ2) is 5.98. The van der Waals surface area contributed by atoms with Crippen molar-refractivity contribution in [3.63, 3.8) is 0 Å². The highest BCUT2D eigenvalue weighted by Gasteiger charge is 2.26. The van der Waals surface area contributed by atoms with E-state index in [2.05, 4.69) is 51.2 Å². The van der Waals surface area contributed by atoms with E-state index < -0.39 is 0 Å². The molecular weight excluding hydrogens is 314 g/mol. The van der Waals surface area contributed by atoms with Crippen molar-refractivity contribution in [1.82, 2.24) is 4.90 Å². The van der Waals surface area contributed by atoms with Gasteiger partial charge in [0.25, 0.3) is 0 Å². The molecule has 1 aliphatic heterocycles. The Hall–Kier alpha value is -1.32. The highest BCUT2D eigenvalue weighted by molar-refractivity contribution is 9.10. The number of rotatable bonds is 3. The molecule has 104 valence electrons. The summed E-state index contributed by atoms with van der Waals surface area (Å²) in [7, 11) is 0. The Bertz CT molecular complexity index is 585. The third-order valence-corrected chi connectivity index (χ3v) is 4.46. The third-order valence-electron chi connectivity index (χ3n) is 3.96. The lowest BCUT2D eigenvalue weighted by atomic mass is 10.0. The summed E-state index contributed by atoms with van der Waals surface area (Å²) in [5.41, 5.74) is 2.36. The molecule has 0 aromatic heterocycles. The normalized spacial score (nSPS) is 19.4. The van der Waals surface area contributed by atoms with E-state index >= 15 is 0 Å². The highest BCUT2D eigenvalue weighted by atomic mass is 79.9. The van der Waals surface area contributed by atoms with Gasteiger partial charge in [-0.25, -0.2) is 0 Å². The van der Waals surface area contributed by atoms with E-state index in [1.807, 2.05) is 12.1 Å². The van der Waals surface area contributed by atoms with Gasteiger partial charge < -0.3 is 5.11 Å². The standard InChI is InChI=1S/C17H18BrNO/c18-15-8-9-17(20)14(11-15)12-19-10-4-7-16(19)13-5-2-1-3-6-13/h1-3,5-6,8-9,11,16,20H,4,7,10,12H2. The first-order valence-corrected chi connectivity index (χ1v) is 7.80. The molecule has 2 aromatic rings. The number of hydrogen-bond donors (Lipinski definition) is 1. The molecule has 1 unspecified atom stereocenters. The minimum atomic E-state index is 0.381. The molecule has 1 atom stereocenters. The van der Waals surface area contributed by atoms with Crippen molar-refractivity contribution in [2.24, 2.45) is 0 Å². The second-order valence-electron chi connectivity index (χ2n) is 5.31. The van der Waals surface area contributed by atoms with Gasteiger partial charge in [-0.15, -0.1) is 0 Å². The summed E-state index contributed by atoms with van der Waals surface area (Å²) in [6.45, 7) is 1.89. The van der Waals surface area contributed by atoms with Crippen molar-refractivity contribution >= 4 is 15.9 Å². The average Bonchev–Trinajstić information content (AvgIpc) is 2.92. The molecule has 3 heteroatoms. The lowest BCUT2D eigenvalue weighted by Crippen LogP contribution is -2.22. The van der Waals surface area contributed by atoms with Crippen LogP contribution in [-0.4, -0.2) is 16.6 Å². The maximum absolute atomic E-state index is 10.0. The predicted molar refractivity (Wildman–Crippen MR) is 84.6 cm³/mol. The number of phenols is 1. The first-order valence-electron chi connectivity index (χ1n) is 7.00. The van der Waals surface area contributed by atoms with Crippen LogP contribution in [0.15, 0.2) is 53.0 Å². The first-order chi connectivity index (χ1) is 9.74. The Labute approximate surface area is 128 Å². The summed E-state index contributed by atoms with van der Waals surface area (Å²) >= 11 is 3.48. The van der Waals surface area contributed by atoms with Crippen LogP contribution in [0.2, 0.25) is 0 Å². The van der Waals surface area contributed by atoms with Gasteiger partial charge >= 0.3 is 0 Å². The van der Waals surface area contributed by atoms with Crippen molar-refractivity contribution in [3.05, 3.63) is 64.1 Å². The van der Waals surface area contributed by atoms with Crippen molar-refractivity contribution in [2.75, 3.05) is 6.54 Å². The highest BCUT2D eigenvalue weighted by Crippen LogP contribution is 2.34. The summed E-state index contributed by atoms with van der Waals surface area (Å²) in [5.74, 6) is 0.381. The fourth-order valence-electron chi connectivity index (χ4n) is 2.97. The summed E-state index contributed by atoms with van der Waals surface area (Å²) in [5, 5.41) is 10.0. The van der Waals surface area contributed by atoms with Gasteiger partial charge in [0, 0.05) is 22.6 Å². The van der Waals surface area contributed by atoms with E-state index in [4.69, 9.17) is 0 Å². The molecule has 0 saturated carbocycles. The maximum atomic E-state index is 10.0. The Morgan fingerprint density at radius 1 is 1.15 bits per heavy atom. The predicted octanol–water partition coefficient (Wildman–Crippen LogP) is 4.49. The summed E-state index contributed by atoms with van der Waals surface area (Å²) in [6, 6.07) is 16.8. The topological polar surface area (TPSA) is 23.5 Å². The van der Waals surface area contributed by atoms with E-state index in [9.17, 15) is 5.11 Å². The van der Waals surface area contributed by atoms with Gasteiger partial charge in [0.2, 0.25) is 0 Å². The van der Waals surface area contributed by atoms with Crippen LogP contribution in [0.4, 0.5) is 0 Å². The number of nitrogens with zero attached hydrogens (tertiary/aromatic N) is 1. The first kappa shape index (κ1) is 13.7. The second-order valence-corrected chi connectivity index (χ2v) is 6.23. The number of aromatic hydroxyl groups is 1. The summed E-state index contributed by atoms with van der Waals surface area (Å²) in [4.78, 5) is 2.46. The van der Waals surface area contributed by atoms with Crippen LogP contribution in [0, 0.1) is 0 Å². The van der Waals surface area contributed by atoms with Gasteiger partial charge in [0.05, 0.1) is 0 Å². The Balaban J connectivity index is 1.81. The van der Waals surface area contributed by atoms with E-state index in [-0.39, 0.29) is 0 Å². The lowest BCUT2D eigenvalue weighted by molar-refractivity contribution is 0.245. The van der Waals surface area contributed by atoms with Gasteiger partial charge in [-0.3, -0.25) is 4.90 Å². The van der Waals surface area contributed by atoms with Crippen LogP contribution in [-0.2, 0) is 6.54 Å². The van der Waals surface area contributed by atoms with E-state index in [1.54, 1.807) is 6.07 Å². The molecule has 1 aliphatic rings. The van der Waals surface area contributed by atoms with Crippen LogP contribution < -0.4 is 0 Å². The van der Waals surface area contributed by atoms with Crippen molar-refractivity contribution < 1.29 is 5.11 Å². The van der Waals surface area contributed by atoms with Crippen LogP contribution in [0.3, 0.4) is 0 Å². The van der Waals surface area contributed by atoms with Gasteiger partial charge in [-0.05, 0) is 43.1 Å². The van der Waals surface area contributed by atoms with Gasteiger partial charge in [0.15, 0.2) is 0 Å². The molecule has 0 radical (unpaired) electrons. The van der Waals surface area contributed by atoms with E-state index in [0.717, 1.165) is 23.1 Å². The summed E-state index contributed by atoms with van der Waals surface area (Å²) in [6.07, 6.45) is 2.41. The number of hydrogen-bond acceptors (Lipinski definition) is 2. The number of likely N-dealkylation sites (tertiary alicyclic amines) is 1. The quantitative estimate of drug-likeness (QED) is 0.895. The fourth-order valence-corrected chi connectivity index (χ4v) is 3.38. The van der Waals surface area contributed by atoms with E-state index in [0.29, 0.717) is 11.8 Å². The SMILES string of the molecule is Oc1ccc(Br)cc1CN1CCCC1c1ccccc1. The minimum absolute atomic E-state index is 0.381. The van der Waals surface area contributed by atoms with Crippen LogP contribution in [0.5, 0.6) is 5.75 Å². The third kappa shape index (κ3) is 2.89. The number of benzene rings is 2. The molecule has 1 N–H and O–H groups in total. The monoisotopic (exact) mass is 331 g/mol. The van der Waals surface area contributed by atoms with Crippen LogP contribution >= 0.6 is 15.9 Å². The Kier molecular flexibility index (Phi) is 4.08. The van der Waals surface area contributed by atoms with Crippen molar-refractivity contribution in [1.29, 1.82) is 0 Å². The van der Waals surface area contributed by atoms with Crippen molar-refractivity contribution in [2.45, 2.75) is 25.4 Å². The van der Waals surface area contributed by atoms with Crippen molar-refractivity contribution in [3.8, 4) is 5.75 Å². The number of halogens is 1. The minimum Gasteiger partial charge on any atom is -0.508 e. The lowest BCUT2D eigenvalue weighted by Gasteiger charge is -2.25. The molecule has 0 bridgehead atoms. The van der Waals surface area contributed by atoms with Gasteiger partial charge in [-0.1, -0.05) is 46.3 Å². The molecule has 0 amide bonds. The molecule has 0 aliphatic carbocycles. The molecule has 1 saturated heterocycles. The largest absolute Gasteiger partial charge is 0.508 e. The van der Waals surface area contributed by atoms with Crippen LogP contribution in [0.25, 0.3) is 0 Å². The average molecular weight is 332 g/mol. The molecule has 20 heavy (non-hydrogen) atoms. The van der Waals surface area contributed by atoms with Gasteiger partial charge in [-0.2, -0.15) is 0 Å². The molecule has 1 heterocycles. The van der Waals surface area contributed by atoms with Gasteiger partial charge in [0.1, 0.15) is 5.75 Å². The zero-order valence-corrected chi connectivity index (χ0v) is 12.9. The smallest absolute Gasteiger partial charge is 0.120 e. The molecule has 1 fully saturated rings. The molecule has 3 rings (SSSR count). The molecule has 2 aromatic carbocycles.